The molecule has 0 amide bonds. The molecular weight excluding hydrogens is 288 g/mol. The highest BCUT2D eigenvalue weighted by atomic mass is 16.5. The van der Waals surface area contributed by atoms with E-state index in [1.54, 1.807) is 6.20 Å². The van der Waals surface area contributed by atoms with Crippen LogP contribution in [-0.4, -0.2) is 21.7 Å². The van der Waals surface area contributed by atoms with Crippen molar-refractivity contribution in [1.29, 1.82) is 0 Å². The second kappa shape index (κ2) is 4.91. The Kier molecular flexibility index (Phi) is 2.74. The van der Waals surface area contributed by atoms with Crippen molar-refractivity contribution in [3.8, 4) is 11.5 Å². The Labute approximate surface area is 133 Å². The van der Waals surface area contributed by atoms with Gasteiger partial charge in [-0.3, -0.25) is 0 Å². The van der Waals surface area contributed by atoms with Gasteiger partial charge in [-0.05, 0) is 36.5 Å². The molecule has 0 fully saturated rings. The predicted octanol–water partition coefficient (Wildman–Crippen LogP) is 3.18. The normalized spacial score (nSPS) is 18.5. The number of aryl methyl sites for hydroxylation is 1. The molecule has 5 nitrogen and oxygen atoms in total. The van der Waals surface area contributed by atoms with Crippen LogP contribution in [0.2, 0.25) is 0 Å². The van der Waals surface area contributed by atoms with Crippen molar-refractivity contribution in [3.63, 3.8) is 0 Å². The topological polar surface area (TPSA) is 63.8 Å². The average Bonchev–Trinajstić information content (AvgIpc) is 3.32. The number of rotatable bonds is 2. The van der Waals surface area contributed by atoms with E-state index in [0.29, 0.717) is 5.89 Å². The summed E-state index contributed by atoms with van der Waals surface area (Å²) < 4.78 is 5.59. The van der Waals surface area contributed by atoms with Gasteiger partial charge in [-0.25, -0.2) is 4.98 Å². The molecule has 3 aromatic rings. The summed E-state index contributed by atoms with van der Waals surface area (Å²) in [6.07, 6.45) is 4.87. The molecule has 2 aliphatic rings. The van der Waals surface area contributed by atoms with Gasteiger partial charge in [-0.1, -0.05) is 29.4 Å². The van der Waals surface area contributed by atoms with E-state index in [9.17, 15) is 0 Å². The van der Waals surface area contributed by atoms with Gasteiger partial charge in [0.05, 0.1) is 0 Å². The van der Waals surface area contributed by atoms with Crippen LogP contribution in [0.15, 0.2) is 41.1 Å². The van der Waals surface area contributed by atoms with E-state index in [-0.39, 0.29) is 5.92 Å². The summed E-state index contributed by atoms with van der Waals surface area (Å²) in [5.41, 5.74) is 4.92. The third kappa shape index (κ3) is 1.96. The molecule has 114 valence electrons. The zero-order valence-corrected chi connectivity index (χ0v) is 12.6. The fourth-order valence-electron chi connectivity index (χ4n) is 3.72. The van der Waals surface area contributed by atoms with Crippen molar-refractivity contribution >= 4 is 5.82 Å². The molecule has 1 aliphatic heterocycles. The Bertz CT molecular complexity index is 886. The van der Waals surface area contributed by atoms with Gasteiger partial charge in [0.25, 0.3) is 5.89 Å². The summed E-state index contributed by atoms with van der Waals surface area (Å²) in [5, 5.41) is 7.56. The third-order valence-electron chi connectivity index (χ3n) is 4.84. The van der Waals surface area contributed by atoms with Crippen molar-refractivity contribution in [3.05, 3.63) is 59.0 Å². The van der Waals surface area contributed by atoms with Crippen molar-refractivity contribution in [1.82, 2.24) is 15.1 Å². The Morgan fingerprint density at radius 2 is 2.09 bits per heavy atom. The number of nitrogens with zero attached hydrogens (tertiary/aromatic N) is 3. The molecule has 1 unspecified atom stereocenters. The molecule has 1 N–H and O–H groups in total. The largest absolute Gasteiger partial charge is 0.369 e. The molecule has 5 rings (SSSR count). The van der Waals surface area contributed by atoms with E-state index in [4.69, 9.17) is 9.51 Å². The highest BCUT2D eigenvalue weighted by Crippen LogP contribution is 2.38. The first-order valence-corrected chi connectivity index (χ1v) is 8.03. The predicted molar refractivity (Wildman–Crippen MR) is 86.3 cm³/mol. The summed E-state index contributed by atoms with van der Waals surface area (Å²) >= 11 is 0. The lowest BCUT2D eigenvalue weighted by atomic mass is 10.0. The van der Waals surface area contributed by atoms with Crippen LogP contribution in [0.25, 0.3) is 11.5 Å². The first kappa shape index (κ1) is 12.8. The summed E-state index contributed by atoms with van der Waals surface area (Å²) in [6, 6.07) is 10.5. The van der Waals surface area contributed by atoms with E-state index >= 15 is 0 Å². The zero-order valence-electron chi connectivity index (χ0n) is 12.6. The molecule has 0 radical (unpaired) electrons. The summed E-state index contributed by atoms with van der Waals surface area (Å²) in [4.78, 5) is 9.06. The maximum Gasteiger partial charge on any atom is 0.258 e. The first-order chi connectivity index (χ1) is 11.4. The minimum Gasteiger partial charge on any atom is -0.369 e. The van der Waals surface area contributed by atoms with E-state index < -0.39 is 0 Å². The van der Waals surface area contributed by atoms with Gasteiger partial charge in [0.15, 0.2) is 5.82 Å². The summed E-state index contributed by atoms with van der Waals surface area (Å²) in [7, 11) is 0. The Morgan fingerprint density at radius 1 is 1.13 bits per heavy atom. The number of nitrogens with one attached hydrogen (secondary N) is 1. The highest BCUT2D eigenvalue weighted by Gasteiger charge is 2.28. The smallest absolute Gasteiger partial charge is 0.258 e. The van der Waals surface area contributed by atoms with Crippen LogP contribution in [0.3, 0.4) is 0 Å². The lowest BCUT2D eigenvalue weighted by molar-refractivity contribution is 0.418. The Balaban J connectivity index is 1.54. The molecule has 1 aliphatic carbocycles. The second-order valence-electron chi connectivity index (χ2n) is 6.11. The number of hydrogen-bond donors (Lipinski definition) is 1. The second-order valence-corrected chi connectivity index (χ2v) is 6.11. The average molecular weight is 304 g/mol. The van der Waals surface area contributed by atoms with Gasteiger partial charge in [-0.15, -0.1) is 0 Å². The maximum absolute atomic E-state index is 5.59. The number of aromatic nitrogens is 3. The standard InChI is InChI=1S/C18H16N4O/c1-2-4-12-11(3-1)5-6-13(12)17-21-18(23-22-17)15-8-10-20-16-14(15)7-9-19-16/h1-4,8,10,13H,5-7,9H2,(H,19,20). The SMILES string of the molecule is c1ccc2c(c1)CCC2c1noc(-c2ccnc3c2CCN3)n1. The van der Waals surface area contributed by atoms with Crippen LogP contribution in [0.1, 0.15) is 34.9 Å². The minimum absolute atomic E-state index is 0.247. The summed E-state index contributed by atoms with van der Waals surface area (Å²) in [6.45, 7) is 0.913. The number of anilines is 1. The molecule has 1 atom stereocenters. The molecule has 0 spiro atoms. The van der Waals surface area contributed by atoms with Gasteiger partial charge < -0.3 is 9.84 Å². The van der Waals surface area contributed by atoms with Crippen LogP contribution in [0.4, 0.5) is 5.82 Å². The van der Waals surface area contributed by atoms with Gasteiger partial charge in [0, 0.05) is 29.8 Å². The molecule has 23 heavy (non-hydrogen) atoms. The van der Waals surface area contributed by atoms with E-state index in [2.05, 4.69) is 39.7 Å². The van der Waals surface area contributed by atoms with Gasteiger partial charge in [0.1, 0.15) is 5.82 Å². The summed E-state index contributed by atoms with van der Waals surface area (Å²) in [5.74, 6) is 2.58. The van der Waals surface area contributed by atoms with Crippen LogP contribution >= 0.6 is 0 Å². The van der Waals surface area contributed by atoms with E-state index in [1.807, 2.05) is 6.07 Å². The number of benzene rings is 1. The number of hydrogen-bond acceptors (Lipinski definition) is 5. The number of fused-ring (bicyclic) bond motifs is 2. The maximum atomic E-state index is 5.59. The highest BCUT2D eigenvalue weighted by molar-refractivity contribution is 5.68. The van der Waals surface area contributed by atoms with Gasteiger partial charge in [0.2, 0.25) is 0 Å². The minimum atomic E-state index is 0.247. The number of pyridine rings is 1. The first-order valence-electron chi connectivity index (χ1n) is 8.03. The van der Waals surface area contributed by atoms with Crippen molar-refractivity contribution in [2.45, 2.75) is 25.2 Å². The molecule has 1 aromatic carbocycles. The van der Waals surface area contributed by atoms with E-state index in [0.717, 1.165) is 43.0 Å². The van der Waals surface area contributed by atoms with Crippen LogP contribution in [0.5, 0.6) is 0 Å². The molecule has 3 heterocycles. The fourth-order valence-corrected chi connectivity index (χ4v) is 3.72. The molecule has 0 saturated carbocycles. The molecule has 0 saturated heterocycles. The molecule has 2 aromatic heterocycles. The molecule has 0 bridgehead atoms. The van der Waals surface area contributed by atoms with Crippen molar-refractivity contribution in [2.75, 3.05) is 11.9 Å². The van der Waals surface area contributed by atoms with Gasteiger partial charge in [-0.2, -0.15) is 4.98 Å². The van der Waals surface area contributed by atoms with Crippen LogP contribution in [-0.2, 0) is 12.8 Å². The van der Waals surface area contributed by atoms with Crippen LogP contribution < -0.4 is 5.32 Å². The lowest BCUT2D eigenvalue weighted by Crippen LogP contribution is -1.98. The Morgan fingerprint density at radius 3 is 3.09 bits per heavy atom. The Hall–Kier alpha value is -2.69. The fraction of sp³-hybridized carbons (Fsp3) is 0.278. The zero-order chi connectivity index (χ0) is 15.2. The van der Waals surface area contributed by atoms with Crippen molar-refractivity contribution < 1.29 is 4.52 Å². The van der Waals surface area contributed by atoms with Crippen LogP contribution in [0, 0.1) is 0 Å². The third-order valence-corrected chi connectivity index (χ3v) is 4.84. The molecular formula is C18H16N4O. The van der Waals surface area contributed by atoms with E-state index in [1.165, 1.54) is 16.7 Å². The monoisotopic (exact) mass is 304 g/mol. The molecule has 5 heteroatoms. The van der Waals surface area contributed by atoms with Gasteiger partial charge >= 0.3 is 0 Å². The quantitative estimate of drug-likeness (QED) is 0.788. The lowest BCUT2D eigenvalue weighted by Gasteiger charge is -2.05. The van der Waals surface area contributed by atoms with Crippen molar-refractivity contribution in [2.24, 2.45) is 0 Å².